The van der Waals surface area contributed by atoms with Gasteiger partial charge in [0.2, 0.25) is 0 Å². The van der Waals surface area contributed by atoms with E-state index in [1.807, 2.05) is 21.1 Å². The Labute approximate surface area is 568 Å². The second-order valence-corrected chi connectivity index (χ2v) is 31.0. The smallest absolute Gasteiger partial charge is 0.462 e. The molecule has 0 radical (unpaired) electrons. The predicted octanol–water partition coefficient (Wildman–Crippen LogP) is 27.0. The van der Waals surface area contributed by atoms with Crippen molar-refractivity contribution in [3.8, 4) is 0 Å². The third-order valence-corrected chi connectivity index (χ3v) is 20.0. The van der Waals surface area contributed by atoms with Crippen LogP contribution in [0, 0.1) is 0 Å². The quantitative estimate of drug-likeness (QED) is 0.0211. The lowest BCUT2D eigenvalue weighted by atomic mass is 10.0. The first-order valence-electron chi connectivity index (χ1n) is 40.9. The third-order valence-electron chi connectivity index (χ3n) is 19.0. The van der Waals surface area contributed by atoms with Crippen LogP contribution in [0.2, 0.25) is 0 Å². The van der Waals surface area contributed by atoms with E-state index in [9.17, 15) is 19.0 Å². The molecule has 542 valence electrons. The summed E-state index contributed by atoms with van der Waals surface area (Å²) in [5, 5.41) is 0. The minimum atomic E-state index is -4.39. The van der Waals surface area contributed by atoms with Gasteiger partial charge in [-0.1, -0.05) is 405 Å². The summed E-state index contributed by atoms with van der Waals surface area (Å²) < 4.78 is 34.8. The summed E-state index contributed by atoms with van der Waals surface area (Å²) in [4.78, 5) is 36.0. The van der Waals surface area contributed by atoms with Gasteiger partial charge in [-0.05, 0) is 38.5 Å². The molecule has 1 N–H and O–H groups in total. The zero-order valence-electron chi connectivity index (χ0n) is 62.1. The van der Waals surface area contributed by atoms with Crippen LogP contribution in [-0.4, -0.2) is 74.9 Å². The molecule has 0 saturated heterocycles. The maximum absolute atomic E-state index is 12.9. The zero-order chi connectivity index (χ0) is 66.2. The Morgan fingerprint density at radius 3 is 0.813 bits per heavy atom. The number of carbonyl (C=O) groups is 2. The van der Waals surface area contributed by atoms with Crippen molar-refractivity contribution in [2.45, 2.75) is 450 Å². The van der Waals surface area contributed by atoms with Crippen LogP contribution in [-0.2, 0) is 32.7 Å². The maximum atomic E-state index is 12.9. The van der Waals surface area contributed by atoms with E-state index >= 15 is 0 Å². The molecule has 0 rings (SSSR count). The molecule has 0 aliphatic carbocycles. The molecule has 0 bridgehead atoms. The van der Waals surface area contributed by atoms with Crippen molar-refractivity contribution in [3.63, 3.8) is 0 Å². The largest absolute Gasteiger partial charge is 0.472 e. The summed E-state index contributed by atoms with van der Waals surface area (Å²) in [6, 6.07) is 0. The number of esters is 2. The Hall–Kier alpha value is -1.25. The van der Waals surface area contributed by atoms with Gasteiger partial charge in [0.05, 0.1) is 27.7 Å². The number of nitrogens with zero attached hydrogens (tertiary/aromatic N) is 1. The van der Waals surface area contributed by atoms with Gasteiger partial charge in [-0.15, -0.1) is 0 Å². The van der Waals surface area contributed by atoms with Gasteiger partial charge in [-0.3, -0.25) is 18.6 Å². The van der Waals surface area contributed by atoms with Crippen molar-refractivity contribution < 1.29 is 42.1 Å². The number of allylic oxidation sites excluding steroid dienone is 2. The van der Waals surface area contributed by atoms with Crippen molar-refractivity contribution in [2.24, 2.45) is 0 Å². The topological polar surface area (TPSA) is 108 Å². The summed E-state index contributed by atoms with van der Waals surface area (Å²) >= 11 is 0. The van der Waals surface area contributed by atoms with E-state index in [4.69, 9.17) is 18.5 Å². The SMILES string of the molecule is CCCCCCCCCC/C=C\CCCCCCCCCCCCCCCCCC(=O)OC(COC(=O)CCCCCCCCCCCCCCCCCCCCCCCCCCCCCCCCCCCCCCCCCC)COP(=O)(O)OCC[N+](C)(C)C. The van der Waals surface area contributed by atoms with Crippen molar-refractivity contribution in [1.29, 1.82) is 0 Å². The molecule has 2 unspecified atom stereocenters. The van der Waals surface area contributed by atoms with Crippen LogP contribution < -0.4 is 0 Å². The van der Waals surface area contributed by atoms with Gasteiger partial charge < -0.3 is 18.9 Å². The number of hydrogen-bond donors (Lipinski definition) is 1. The Balaban J connectivity index is 3.85. The summed E-state index contributed by atoms with van der Waals surface area (Å²) in [5.41, 5.74) is 0. The number of hydrogen-bond acceptors (Lipinski definition) is 7. The summed E-state index contributed by atoms with van der Waals surface area (Å²) in [6.45, 7) is 4.53. The zero-order valence-corrected chi connectivity index (χ0v) is 63.0. The number of phosphoric ester groups is 1. The fourth-order valence-corrected chi connectivity index (χ4v) is 13.5. The second kappa shape index (κ2) is 73.0. The molecule has 0 spiro atoms. The molecule has 0 aliphatic heterocycles. The van der Waals surface area contributed by atoms with Crippen LogP contribution in [0.4, 0.5) is 0 Å². The predicted molar refractivity (Wildman–Crippen MR) is 395 cm³/mol. The first-order valence-corrected chi connectivity index (χ1v) is 42.4. The molecular weight excluding hydrogens is 1150 g/mol. The van der Waals surface area contributed by atoms with Gasteiger partial charge in [-0.25, -0.2) is 4.57 Å². The van der Waals surface area contributed by atoms with E-state index in [2.05, 4.69) is 26.0 Å². The van der Waals surface area contributed by atoms with Crippen molar-refractivity contribution in [2.75, 3.05) is 47.5 Å². The minimum absolute atomic E-state index is 0.0364. The van der Waals surface area contributed by atoms with Gasteiger partial charge in [-0.2, -0.15) is 0 Å². The van der Waals surface area contributed by atoms with Gasteiger partial charge in [0.1, 0.15) is 19.8 Å². The number of ether oxygens (including phenoxy) is 2. The van der Waals surface area contributed by atoms with E-state index < -0.39 is 26.5 Å². The molecule has 9 nitrogen and oxygen atoms in total. The lowest BCUT2D eigenvalue weighted by molar-refractivity contribution is -0.870. The molecule has 10 heteroatoms. The van der Waals surface area contributed by atoms with Crippen LogP contribution >= 0.6 is 7.82 Å². The molecule has 0 aromatic rings. The average Bonchev–Trinajstić information content (AvgIpc) is 3.74. The highest BCUT2D eigenvalue weighted by molar-refractivity contribution is 7.47. The van der Waals surface area contributed by atoms with E-state index in [1.54, 1.807) is 0 Å². The molecule has 0 aromatic carbocycles. The van der Waals surface area contributed by atoms with Gasteiger partial charge in [0, 0.05) is 12.8 Å². The number of carbonyl (C=O) groups excluding carboxylic acids is 2. The Bertz CT molecular complexity index is 1540. The summed E-state index contributed by atoms with van der Waals surface area (Å²) in [5.74, 6) is -0.768. The average molecular weight is 1310 g/mol. The molecule has 0 saturated carbocycles. The number of likely N-dealkylation sites (N-methyl/N-ethyl adjacent to an activating group) is 1. The van der Waals surface area contributed by atoms with Gasteiger partial charge in [0.15, 0.2) is 6.10 Å². The van der Waals surface area contributed by atoms with E-state index in [1.165, 1.54) is 379 Å². The van der Waals surface area contributed by atoms with Crippen LogP contribution in [0.25, 0.3) is 0 Å². The van der Waals surface area contributed by atoms with Crippen LogP contribution in [0.15, 0.2) is 12.2 Å². The van der Waals surface area contributed by atoms with Crippen LogP contribution in [0.3, 0.4) is 0 Å². The highest BCUT2D eigenvalue weighted by atomic mass is 31.2. The number of quaternary nitrogens is 1. The highest BCUT2D eigenvalue weighted by Gasteiger charge is 2.27. The standard InChI is InChI=1S/C81H160NO8P/c1-6-8-10-12-14-16-18-20-22-24-26-28-30-32-34-35-36-37-38-39-40-41-42-43-44-45-46-48-49-51-53-55-57-59-61-63-65-67-69-71-73-80(83)87-77-79(78-89-91(85,86)88-76-75-82(3,4)5)90-81(84)74-72-70-68-66-64-62-60-58-56-54-52-50-47-33-31-29-27-25-23-21-19-17-15-13-11-9-7-2/h25,27,79H,6-24,26,28-78H2,1-5H3/p+1/b27-25-. The number of phosphoric acid groups is 1. The van der Waals surface area contributed by atoms with Crippen molar-refractivity contribution in [1.82, 2.24) is 0 Å². The first-order chi connectivity index (χ1) is 44.5. The van der Waals surface area contributed by atoms with Crippen LogP contribution in [0.1, 0.15) is 444 Å². The minimum Gasteiger partial charge on any atom is -0.462 e. The normalized spacial score (nSPS) is 13.0. The molecular formula is C81H161NO8P+. The molecule has 0 amide bonds. The highest BCUT2D eigenvalue weighted by Crippen LogP contribution is 2.43. The van der Waals surface area contributed by atoms with Crippen molar-refractivity contribution in [3.05, 3.63) is 12.2 Å². The van der Waals surface area contributed by atoms with Gasteiger partial charge in [0.25, 0.3) is 0 Å². The number of rotatable bonds is 78. The van der Waals surface area contributed by atoms with E-state index in [-0.39, 0.29) is 25.6 Å². The number of unbranched alkanes of at least 4 members (excludes halogenated alkanes) is 62. The molecule has 0 fully saturated rings. The molecule has 0 aliphatic rings. The van der Waals surface area contributed by atoms with E-state index in [0.717, 1.165) is 32.1 Å². The fourth-order valence-electron chi connectivity index (χ4n) is 12.8. The second-order valence-electron chi connectivity index (χ2n) is 29.5. The monoisotopic (exact) mass is 1310 g/mol. The first kappa shape index (κ1) is 89.8. The molecule has 0 heterocycles. The third kappa shape index (κ3) is 77.6. The maximum Gasteiger partial charge on any atom is 0.472 e. The summed E-state index contributed by atoms with van der Waals surface area (Å²) in [6.07, 6.45) is 92.4. The lowest BCUT2D eigenvalue weighted by Crippen LogP contribution is -2.37. The van der Waals surface area contributed by atoms with Gasteiger partial charge >= 0.3 is 19.8 Å². The molecule has 0 aromatic heterocycles. The fraction of sp³-hybridized carbons (Fsp3) is 0.951. The molecule has 2 atom stereocenters. The Kier molecular flexibility index (Phi) is 72.0. The molecule has 91 heavy (non-hydrogen) atoms. The Morgan fingerprint density at radius 1 is 0.330 bits per heavy atom. The lowest BCUT2D eigenvalue weighted by Gasteiger charge is -2.24. The van der Waals surface area contributed by atoms with Crippen molar-refractivity contribution >= 4 is 19.8 Å². The van der Waals surface area contributed by atoms with E-state index in [0.29, 0.717) is 23.9 Å². The Morgan fingerprint density at radius 2 is 0.560 bits per heavy atom. The van der Waals surface area contributed by atoms with Crippen LogP contribution in [0.5, 0.6) is 0 Å². The summed E-state index contributed by atoms with van der Waals surface area (Å²) in [7, 11) is 1.51.